The van der Waals surface area contributed by atoms with Crippen molar-refractivity contribution < 1.29 is 4.74 Å². The van der Waals surface area contributed by atoms with Gasteiger partial charge in [-0.3, -0.25) is 4.68 Å². The van der Waals surface area contributed by atoms with Gasteiger partial charge in [-0.15, -0.1) is 0 Å². The second-order valence-electron chi connectivity index (χ2n) is 4.54. The standard InChI is InChI=1S/C12H23N3O/c1-5-13-10-11-6-8-14-15(11)9-7-12(2,3)16-4/h6,8,13H,5,7,9-10H2,1-4H3. The van der Waals surface area contributed by atoms with Gasteiger partial charge in [0.15, 0.2) is 0 Å². The molecule has 0 aliphatic rings. The maximum Gasteiger partial charge on any atom is 0.0640 e. The van der Waals surface area contributed by atoms with E-state index in [-0.39, 0.29) is 5.60 Å². The van der Waals surface area contributed by atoms with Gasteiger partial charge in [0, 0.05) is 26.4 Å². The van der Waals surface area contributed by atoms with Crippen LogP contribution in [0.5, 0.6) is 0 Å². The van der Waals surface area contributed by atoms with Crippen molar-refractivity contribution in [2.24, 2.45) is 0 Å². The van der Waals surface area contributed by atoms with E-state index >= 15 is 0 Å². The number of methoxy groups -OCH3 is 1. The van der Waals surface area contributed by atoms with E-state index in [9.17, 15) is 0 Å². The molecule has 0 saturated heterocycles. The Morgan fingerprint density at radius 1 is 1.50 bits per heavy atom. The molecule has 1 aromatic rings. The van der Waals surface area contributed by atoms with Gasteiger partial charge in [0.2, 0.25) is 0 Å². The molecule has 0 atom stereocenters. The Bertz CT molecular complexity index is 307. The predicted molar refractivity (Wildman–Crippen MR) is 65.3 cm³/mol. The molecule has 1 rings (SSSR count). The summed E-state index contributed by atoms with van der Waals surface area (Å²) in [6, 6.07) is 2.06. The van der Waals surface area contributed by atoms with Crippen molar-refractivity contribution >= 4 is 0 Å². The maximum absolute atomic E-state index is 5.40. The molecule has 0 fully saturated rings. The van der Waals surface area contributed by atoms with E-state index in [1.165, 1.54) is 5.69 Å². The molecular weight excluding hydrogens is 202 g/mol. The zero-order valence-corrected chi connectivity index (χ0v) is 10.8. The van der Waals surface area contributed by atoms with Crippen molar-refractivity contribution in [3.05, 3.63) is 18.0 Å². The molecule has 1 aromatic heterocycles. The second-order valence-corrected chi connectivity index (χ2v) is 4.54. The number of hydrogen-bond donors (Lipinski definition) is 1. The number of rotatable bonds is 7. The van der Waals surface area contributed by atoms with E-state index in [2.05, 4.69) is 37.3 Å². The lowest BCUT2D eigenvalue weighted by atomic mass is 10.1. The van der Waals surface area contributed by atoms with Gasteiger partial charge in [-0.1, -0.05) is 6.92 Å². The summed E-state index contributed by atoms with van der Waals surface area (Å²) in [5.41, 5.74) is 1.15. The van der Waals surface area contributed by atoms with Gasteiger partial charge in [-0.2, -0.15) is 5.10 Å². The van der Waals surface area contributed by atoms with Crippen molar-refractivity contribution in [3.63, 3.8) is 0 Å². The lowest BCUT2D eigenvalue weighted by molar-refractivity contribution is 0.0111. The molecule has 92 valence electrons. The van der Waals surface area contributed by atoms with E-state index in [0.29, 0.717) is 0 Å². The Morgan fingerprint density at radius 3 is 2.88 bits per heavy atom. The highest BCUT2D eigenvalue weighted by Gasteiger charge is 2.16. The first-order valence-corrected chi connectivity index (χ1v) is 5.85. The van der Waals surface area contributed by atoms with E-state index in [0.717, 1.165) is 26.1 Å². The van der Waals surface area contributed by atoms with Gasteiger partial charge in [0.05, 0.1) is 11.3 Å². The number of aromatic nitrogens is 2. The van der Waals surface area contributed by atoms with Crippen LogP contribution >= 0.6 is 0 Å². The van der Waals surface area contributed by atoms with Crippen LogP contribution in [0.4, 0.5) is 0 Å². The van der Waals surface area contributed by atoms with Crippen molar-refractivity contribution in [2.75, 3.05) is 13.7 Å². The van der Waals surface area contributed by atoms with Gasteiger partial charge in [-0.05, 0) is 32.9 Å². The van der Waals surface area contributed by atoms with E-state index in [4.69, 9.17) is 4.74 Å². The van der Waals surface area contributed by atoms with Crippen molar-refractivity contribution in [1.29, 1.82) is 0 Å². The Labute approximate surface area is 98.0 Å². The molecule has 0 unspecified atom stereocenters. The summed E-state index contributed by atoms with van der Waals surface area (Å²) < 4.78 is 7.45. The average Bonchev–Trinajstić information content (AvgIpc) is 2.71. The molecule has 16 heavy (non-hydrogen) atoms. The third-order valence-corrected chi connectivity index (χ3v) is 2.84. The summed E-state index contributed by atoms with van der Waals surface area (Å²) in [5, 5.41) is 7.64. The summed E-state index contributed by atoms with van der Waals surface area (Å²) >= 11 is 0. The van der Waals surface area contributed by atoms with Gasteiger partial charge in [-0.25, -0.2) is 0 Å². The minimum Gasteiger partial charge on any atom is -0.379 e. The van der Waals surface area contributed by atoms with Crippen LogP contribution in [-0.4, -0.2) is 29.0 Å². The Balaban J connectivity index is 2.50. The molecule has 4 nitrogen and oxygen atoms in total. The Hall–Kier alpha value is -0.870. The van der Waals surface area contributed by atoms with Crippen molar-refractivity contribution in [2.45, 2.75) is 45.9 Å². The molecule has 0 aliphatic carbocycles. The number of nitrogens with one attached hydrogen (secondary N) is 1. The predicted octanol–water partition coefficient (Wildman–Crippen LogP) is 1.81. The monoisotopic (exact) mass is 225 g/mol. The summed E-state index contributed by atoms with van der Waals surface area (Å²) in [4.78, 5) is 0. The smallest absolute Gasteiger partial charge is 0.0640 e. The Kier molecular flexibility index (Phi) is 4.96. The SMILES string of the molecule is CCNCc1ccnn1CCC(C)(C)OC. The molecule has 0 spiro atoms. The molecule has 0 aliphatic heterocycles. The van der Waals surface area contributed by atoms with Gasteiger partial charge in [0.25, 0.3) is 0 Å². The summed E-state index contributed by atoms with van der Waals surface area (Å²) in [5.74, 6) is 0. The van der Waals surface area contributed by atoms with Crippen molar-refractivity contribution in [1.82, 2.24) is 15.1 Å². The van der Waals surface area contributed by atoms with Gasteiger partial charge < -0.3 is 10.1 Å². The quantitative estimate of drug-likeness (QED) is 0.769. The fraction of sp³-hybridized carbons (Fsp3) is 0.750. The lowest BCUT2D eigenvalue weighted by Crippen LogP contribution is -2.25. The first kappa shape index (κ1) is 13.2. The first-order chi connectivity index (χ1) is 7.59. The fourth-order valence-corrected chi connectivity index (χ4v) is 1.44. The van der Waals surface area contributed by atoms with Crippen LogP contribution in [0.1, 0.15) is 32.9 Å². The minimum atomic E-state index is -0.0819. The summed E-state index contributed by atoms with van der Waals surface area (Å²) in [6.07, 6.45) is 2.82. The highest BCUT2D eigenvalue weighted by atomic mass is 16.5. The topological polar surface area (TPSA) is 39.1 Å². The van der Waals surface area contributed by atoms with Crippen LogP contribution < -0.4 is 5.32 Å². The number of nitrogens with zero attached hydrogens (tertiary/aromatic N) is 2. The highest BCUT2D eigenvalue weighted by molar-refractivity contribution is 5.00. The highest BCUT2D eigenvalue weighted by Crippen LogP contribution is 2.14. The second kappa shape index (κ2) is 6.01. The molecule has 0 radical (unpaired) electrons. The van der Waals surface area contributed by atoms with Crippen LogP contribution in [-0.2, 0) is 17.8 Å². The van der Waals surface area contributed by atoms with E-state index < -0.39 is 0 Å². The molecule has 0 saturated carbocycles. The molecule has 0 amide bonds. The summed E-state index contributed by atoms with van der Waals surface area (Å²) in [6.45, 7) is 9.06. The molecular formula is C12H23N3O. The van der Waals surface area contributed by atoms with Crippen LogP contribution in [0.3, 0.4) is 0 Å². The van der Waals surface area contributed by atoms with Crippen LogP contribution in [0.2, 0.25) is 0 Å². The molecule has 0 bridgehead atoms. The molecule has 0 aromatic carbocycles. The zero-order chi connectivity index (χ0) is 12.0. The zero-order valence-electron chi connectivity index (χ0n) is 10.8. The third kappa shape index (κ3) is 3.94. The number of aryl methyl sites for hydroxylation is 1. The minimum absolute atomic E-state index is 0.0819. The first-order valence-electron chi connectivity index (χ1n) is 5.85. The van der Waals surface area contributed by atoms with Crippen LogP contribution in [0.25, 0.3) is 0 Å². The Morgan fingerprint density at radius 2 is 2.25 bits per heavy atom. The lowest BCUT2D eigenvalue weighted by Gasteiger charge is -2.23. The number of hydrogen-bond acceptors (Lipinski definition) is 3. The van der Waals surface area contributed by atoms with Gasteiger partial charge >= 0.3 is 0 Å². The van der Waals surface area contributed by atoms with Crippen molar-refractivity contribution in [3.8, 4) is 0 Å². The molecule has 1 heterocycles. The fourth-order valence-electron chi connectivity index (χ4n) is 1.44. The van der Waals surface area contributed by atoms with E-state index in [1.54, 1.807) is 7.11 Å². The van der Waals surface area contributed by atoms with Crippen LogP contribution in [0, 0.1) is 0 Å². The third-order valence-electron chi connectivity index (χ3n) is 2.84. The molecule has 1 N–H and O–H groups in total. The maximum atomic E-state index is 5.40. The molecule has 4 heteroatoms. The summed E-state index contributed by atoms with van der Waals surface area (Å²) in [7, 11) is 1.75. The number of ether oxygens (including phenoxy) is 1. The van der Waals surface area contributed by atoms with Crippen LogP contribution in [0.15, 0.2) is 12.3 Å². The normalized spacial score (nSPS) is 12.0. The van der Waals surface area contributed by atoms with E-state index in [1.807, 2.05) is 10.9 Å². The van der Waals surface area contributed by atoms with Gasteiger partial charge in [0.1, 0.15) is 0 Å². The largest absolute Gasteiger partial charge is 0.379 e. The average molecular weight is 225 g/mol.